The van der Waals surface area contributed by atoms with Crippen molar-refractivity contribution in [3.63, 3.8) is 0 Å². The fourth-order valence-electron chi connectivity index (χ4n) is 3.99. The van der Waals surface area contributed by atoms with E-state index in [2.05, 4.69) is 13.8 Å². The van der Waals surface area contributed by atoms with E-state index < -0.39 is 23.7 Å². The van der Waals surface area contributed by atoms with Crippen LogP contribution in [0.2, 0.25) is 0 Å². The third kappa shape index (κ3) is 6.54. The third-order valence-corrected chi connectivity index (χ3v) is 6.26. The molecule has 3 aromatic carbocycles. The SMILES string of the molecule is CC(C)c1cccc(Oc2cccc(N(Cc3ccc(C(F)(F)F)cc3F)CC(O)C3CC3)c2)c1. The molecule has 1 saturated carbocycles. The molecule has 1 atom stereocenters. The lowest BCUT2D eigenvalue weighted by atomic mass is 10.0. The molecule has 1 fully saturated rings. The first-order chi connectivity index (χ1) is 16.6. The number of nitrogens with zero attached hydrogens (tertiary/aromatic N) is 1. The van der Waals surface area contributed by atoms with Crippen molar-refractivity contribution in [1.29, 1.82) is 0 Å². The lowest BCUT2D eigenvalue weighted by Gasteiger charge is -2.28. The van der Waals surface area contributed by atoms with Gasteiger partial charge in [-0.1, -0.05) is 38.1 Å². The van der Waals surface area contributed by atoms with Crippen LogP contribution in [0.3, 0.4) is 0 Å². The molecular weight excluding hydrogens is 458 g/mol. The van der Waals surface area contributed by atoms with Gasteiger partial charge >= 0.3 is 6.18 Å². The maximum atomic E-state index is 14.6. The quantitative estimate of drug-likeness (QED) is 0.317. The van der Waals surface area contributed by atoms with Gasteiger partial charge in [-0.05, 0) is 66.6 Å². The predicted molar refractivity (Wildman–Crippen MR) is 128 cm³/mol. The van der Waals surface area contributed by atoms with Crippen LogP contribution in [0.4, 0.5) is 23.2 Å². The van der Waals surface area contributed by atoms with Gasteiger partial charge in [-0.2, -0.15) is 13.2 Å². The van der Waals surface area contributed by atoms with Crippen LogP contribution < -0.4 is 9.64 Å². The molecule has 3 aromatic rings. The highest BCUT2D eigenvalue weighted by Crippen LogP contribution is 2.35. The van der Waals surface area contributed by atoms with Crippen molar-refractivity contribution < 1.29 is 27.4 Å². The molecule has 0 radical (unpaired) electrons. The minimum absolute atomic E-state index is 0.0139. The number of alkyl halides is 3. The van der Waals surface area contributed by atoms with Crippen LogP contribution in [-0.2, 0) is 12.7 Å². The Morgan fingerprint density at radius 2 is 1.66 bits per heavy atom. The summed E-state index contributed by atoms with van der Waals surface area (Å²) < 4.78 is 59.6. The van der Waals surface area contributed by atoms with Crippen molar-refractivity contribution in [2.45, 2.75) is 51.4 Å². The van der Waals surface area contributed by atoms with Gasteiger partial charge in [-0.15, -0.1) is 0 Å². The smallest absolute Gasteiger partial charge is 0.416 e. The average Bonchev–Trinajstić information content (AvgIpc) is 3.65. The summed E-state index contributed by atoms with van der Waals surface area (Å²) in [7, 11) is 0. The normalized spacial score (nSPS) is 14.7. The van der Waals surface area contributed by atoms with Crippen molar-refractivity contribution >= 4 is 5.69 Å². The summed E-state index contributed by atoms with van der Waals surface area (Å²) in [6, 6.07) is 17.6. The third-order valence-electron chi connectivity index (χ3n) is 6.26. The van der Waals surface area contributed by atoms with Crippen LogP contribution in [0.25, 0.3) is 0 Å². The standard InChI is InChI=1S/C28H29F4NO2/c1-18(2)20-5-3-7-24(13-20)35-25-8-4-6-23(15-25)33(17-27(34)19-9-10-19)16-21-11-12-22(14-26(21)29)28(30,31)32/h3-8,11-15,18-19,27,34H,9-10,16-17H2,1-2H3. The lowest BCUT2D eigenvalue weighted by molar-refractivity contribution is -0.137. The Kier molecular flexibility index (Phi) is 7.36. The van der Waals surface area contributed by atoms with Gasteiger partial charge in [0.2, 0.25) is 0 Å². The van der Waals surface area contributed by atoms with Crippen molar-refractivity contribution in [2.75, 3.05) is 11.4 Å². The van der Waals surface area contributed by atoms with Crippen LogP contribution in [0, 0.1) is 11.7 Å². The number of benzene rings is 3. The molecule has 0 spiro atoms. The number of anilines is 1. The highest BCUT2D eigenvalue weighted by atomic mass is 19.4. The summed E-state index contributed by atoms with van der Waals surface area (Å²) >= 11 is 0. The Morgan fingerprint density at radius 3 is 2.29 bits per heavy atom. The molecule has 0 saturated heterocycles. The number of rotatable bonds is 9. The second kappa shape index (κ2) is 10.3. The Hall–Kier alpha value is -3.06. The number of aliphatic hydroxyl groups excluding tert-OH is 1. The average molecular weight is 488 g/mol. The summed E-state index contributed by atoms with van der Waals surface area (Å²) in [4.78, 5) is 1.78. The number of hydrogen-bond acceptors (Lipinski definition) is 3. The second-order valence-electron chi connectivity index (χ2n) is 9.42. The first-order valence-electron chi connectivity index (χ1n) is 11.8. The van der Waals surface area contributed by atoms with E-state index in [1.165, 1.54) is 0 Å². The molecule has 1 unspecified atom stereocenters. The molecule has 0 bridgehead atoms. The fourth-order valence-corrected chi connectivity index (χ4v) is 3.99. The Morgan fingerprint density at radius 1 is 0.971 bits per heavy atom. The van der Waals surface area contributed by atoms with Gasteiger partial charge in [-0.3, -0.25) is 0 Å². The maximum Gasteiger partial charge on any atom is 0.416 e. The highest BCUT2D eigenvalue weighted by molar-refractivity contribution is 5.52. The van der Waals surface area contributed by atoms with E-state index in [4.69, 9.17) is 4.74 Å². The summed E-state index contributed by atoms with van der Waals surface area (Å²) in [6.45, 7) is 4.45. The monoisotopic (exact) mass is 487 g/mol. The van der Waals surface area contributed by atoms with Gasteiger partial charge in [0.1, 0.15) is 17.3 Å². The Bertz CT molecular complexity index is 1160. The van der Waals surface area contributed by atoms with Gasteiger partial charge in [0.15, 0.2) is 0 Å². The van der Waals surface area contributed by atoms with Crippen molar-refractivity contribution in [3.05, 3.63) is 89.2 Å². The second-order valence-corrected chi connectivity index (χ2v) is 9.42. The zero-order chi connectivity index (χ0) is 25.2. The minimum atomic E-state index is -4.61. The predicted octanol–water partition coefficient (Wildman–Crippen LogP) is 7.54. The molecule has 1 N–H and O–H groups in total. The van der Waals surface area contributed by atoms with E-state index in [0.29, 0.717) is 29.2 Å². The minimum Gasteiger partial charge on any atom is -0.457 e. The molecule has 35 heavy (non-hydrogen) atoms. The summed E-state index contributed by atoms with van der Waals surface area (Å²) in [6.07, 6.45) is -3.36. The fraction of sp³-hybridized carbons (Fsp3) is 0.357. The molecule has 1 aliphatic rings. The van der Waals surface area contributed by atoms with E-state index in [1.54, 1.807) is 23.1 Å². The largest absolute Gasteiger partial charge is 0.457 e. The van der Waals surface area contributed by atoms with Gasteiger partial charge in [0, 0.05) is 30.4 Å². The molecule has 186 valence electrons. The zero-order valence-electron chi connectivity index (χ0n) is 19.7. The molecule has 0 amide bonds. The van der Waals surface area contributed by atoms with Crippen LogP contribution in [-0.4, -0.2) is 17.8 Å². The molecule has 3 nitrogen and oxygen atoms in total. The topological polar surface area (TPSA) is 32.7 Å². The molecule has 0 aromatic heterocycles. The summed E-state index contributed by atoms with van der Waals surface area (Å²) in [5.41, 5.74) is 0.923. The molecule has 7 heteroatoms. The summed E-state index contributed by atoms with van der Waals surface area (Å²) in [5, 5.41) is 10.6. The molecule has 1 aliphatic carbocycles. The molecule has 0 aliphatic heterocycles. The number of aliphatic hydroxyl groups is 1. The Balaban J connectivity index is 1.59. The van der Waals surface area contributed by atoms with Crippen LogP contribution in [0.5, 0.6) is 11.5 Å². The van der Waals surface area contributed by atoms with Gasteiger partial charge in [-0.25, -0.2) is 4.39 Å². The maximum absolute atomic E-state index is 14.6. The lowest BCUT2D eigenvalue weighted by Crippen LogP contribution is -2.33. The molecule has 0 heterocycles. The van der Waals surface area contributed by atoms with E-state index in [9.17, 15) is 22.7 Å². The number of ether oxygens (including phenoxy) is 1. The van der Waals surface area contributed by atoms with Crippen molar-refractivity contribution in [2.24, 2.45) is 5.92 Å². The van der Waals surface area contributed by atoms with E-state index in [0.717, 1.165) is 30.5 Å². The van der Waals surface area contributed by atoms with Gasteiger partial charge < -0.3 is 14.7 Å². The first-order valence-corrected chi connectivity index (χ1v) is 11.8. The van der Waals surface area contributed by atoms with E-state index >= 15 is 0 Å². The highest BCUT2D eigenvalue weighted by Gasteiger charge is 2.33. The van der Waals surface area contributed by atoms with E-state index in [1.807, 2.05) is 30.3 Å². The van der Waals surface area contributed by atoms with Crippen molar-refractivity contribution in [1.82, 2.24) is 0 Å². The van der Waals surface area contributed by atoms with E-state index in [-0.39, 0.29) is 24.6 Å². The van der Waals surface area contributed by atoms with Crippen LogP contribution >= 0.6 is 0 Å². The number of halogens is 4. The van der Waals surface area contributed by atoms with Crippen LogP contribution in [0.1, 0.15) is 49.3 Å². The van der Waals surface area contributed by atoms with Crippen LogP contribution in [0.15, 0.2) is 66.7 Å². The zero-order valence-corrected chi connectivity index (χ0v) is 19.7. The van der Waals surface area contributed by atoms with Gasteiger partial charge in [0.25, 0.3) is 0 Å². The van der Waals surface area contributed by atoms with Crippen molar-refractivity contribution in [3.8, 4) is 11.5 Å². The van der Waals surface area contributed by atoms with Gasteiger partial charge in [0.05, 0.1) is 11.7 Å². The number of hydrogen-bond donors (Lipinski definition) is 1. The first kappa shape index (κ1) is 25.0. The molecular formula is C28H29F4NO2. The summed E-state index contributed by atoms with van der Waals surface area (Å²) in [5.74, 6) is 0.869. The Labute approximate surface area is 203 Å². The molecule has 4 rings (SSSR count).